The maximum absolute atomic E-state index is 13.0. The van der Waals surface area contributed by atoms with Crippen molar-refractivity contribution in [1.82, 2.24) is 10.1 Å². The molecule has 4 rings (SSSR count). The Labute approximate surface area is 173 Å². The summed E-state index contributed by atoms with van der Waals surface area (Å²) in [6, 6.07) is 13.0. The zero-order valence-electron chi connectivity index (χ0n) is 16.0. The summed E-state index contributed by atoms with van der Waals surface area (Å²) in [7, 11) is 0. The van der Waals surface area contributed by atoms with Crippen LogP contribution in [0.25, 0.3) is 0 Å². The zero-order chi connectivity index (χ0) is 20.4. The minimum Gasteiger partial charge on any atom is -0.331 e. The Hall–Kier alpha value is -2.99. The van der Waals surface area contributed by atoms with E-state index < -0.39 is 0 Å². The highest BCUT2D eigenvalue weighted by molar-refractivity contribution is 6.31. The molecule has 0 radical (unpaired) electrons. The summed E-state index contributed by atoms with van der Waals surface area (Å²) in [5.41, 5.74) is 3.66. The molecule has 7 heteroatoms. The molecule has 0 fully saturated rings. The van der Waals surface area contributed by atoms with Gasteiger partial charge in [0.05, 0.1) is 0 Å². The summed E-state index contributed by atoms with van der Waals surface area (Å²) in [5.74, 6) is 0.287. The first kappa shape index (κ1) is 19.3. The van der Waals surface area contributed by atoms with Gasteiger partial charge in [-0.05, 0) is 61.6 Å². The van der Waals surface area contributed by atoms with Gasteiger partial charge in [-0.25, -0.2) is 0 Å². The molecule has 2 aromatic carbocycles. The Balaban J connectivity index is 1.49. The number of hydrogen-bond acceptors (Lipinski definition) is 5. The first-order valence-electron chi connectivity index (χ1n) is 9.54. The third kappa shape index (κ3) is 4.22. The van der Waals surface area contributed by atoms with Crippen LogP contribution >= 0.6 is 11.6 Å². The number of benzene rings is 2. The molecule has 6 nitrogen and oxygen atoms in total. The van der Waals surface area contributed by atoms with Crippen molar-refractivity contribution in [3.8, 4) is 0 Å². The van der Waals surface area contributed by atoms with Crippen molar-refractivity contribution in [3.63, 3.8) is 0 Å². The van der Waals surface area contributed by atoms with Gasteiger partial charge in [0.25, 0.3) is 11.8 Å². The average Bonchev–Trinajstić information content (AvgIpc) is 3.17. The Bertz CT molecular complexity index is 1080. The van der Waals surface area contributed by atoms with Crippen LogP contribution in [0.1, 0.15) is 50.8 Å². The van der Waals surface area contributed by atoms with Crippen molar-refractivity contribution < 1.29 is 14.1 Å². The van der Waals surface area contributed by atoms with Gasteiger partial charge in [0.1, 0.15) is 0 Å². The molecule has 1 aliphatic heterocycles. The molecule has 2 heterocycles. The lowest BCUT2D eigenvalue weighted by Crippen LogP contribution is -2.35. The normalized spacial score (nSPS) is 13.2. The number of carbonyl (C=O) groups excluding carboxylic acids is 2. The zero-order valence-corrected chi connectivity index (χ0v) is 16.8. The molecule has 0 atom stereocenters. The number of hydrogen-bond donors (Lipinski definition) is 0. The van der Waals surface area contributed by atoms with Crippen molar-refractivity contribution in [2.75, 3.05) is 11.4 Å². The first-order chi connectivity index (χ1) is 14.0. The molecule has 0 spiro atoms. The molecule has 0 unspecified atom stereocenters. The topological polar surface area (TPSA) is 76.3 Å². The third-order valence-corrected chi connectivity index (χ3v) is 5.22. The van der Waals surface area contributed by atoms with Crippen LogP contribution in [0.3, 0.4) is 0 Å². The van der Waals surface area contributed by atoms with Gasteiger partial charge < -0.3 is 9.42 Å². The minimum atomic E-state index is -0.166. The highest BCUT2D eigenvalue weighted by Gasteiger charge is 2.24. The van der Waals surface area contributed by atoms with Gasteiger partial charge in [-0.15, -0.1) is 0 Å². The number of fused-ring (bicyclic) bond motifs is 1. The SMILES string of the molecule is Cc1noc(C(=O)CCc2ccc3c(c2)CCCN3C(=O)c2cccc(Cl)c2)n1. The van der Waals surface area contributed by atoms with Crippen molar-refractivity contribution in [3.05, 3.63) is 75.9 Å². The Morgan fingerprint density at radius 1 is 1.21 bits per heavy atom. The number of halogens is 1. The molecule has 1 aliphatic rings. The van der Waals surface area contributed by atoms with E-state index in [0.29, 0.717) is 35.8 Å². The second-order valence-corrected chi connectivity index (χ2v) is 7.54. The van der Waals surface area contributed by atoms with Crippen LogP contribution in [0.15, 0.2) is 47.0 Å². The van der Waals surface area contributed by atoms with E-state index in [4.69, 9.17) is 16.1 Å². The Kier molecular flexibility index (Phi) is 5.45. The van der Waals surface area contributed by atoms with E-state index in [-0.39, 0.29) is 17.6 Å². The molecule has 0 saturated heterocycles. The lowest BCUT2D eigenvalue weighted by molar-refractivity contribution is 0.0939. The molecule has 1 aromatic heterocycles. The first-order valence-corrected chi connectivity index (χ1v) is 9.92. The maximum Gasteiger partial charge on any atom is 0.293 e. The number of nitrogens with zero attached hydrogens (tertiary/aromatic N) is 3. The Morgan fingerprint density at radius 3 is 2.83 bits per heavy atom. The highest BCUT2D eigenvalue weighted by Crippen LogP contribution is 2.30. The van der Waals surface area contributed by atoms with Crippen LogP contribution in [0.5, 0.6) is 0 Å². The summed E-state index contributed by atoms with van der Waals surface area (Å²) in [6.07, 6.45) is 2.67. The van der Waals surface area contributed by atoms with E-state index in [1.165, 1.54) is 0 Å². The van der Waals surface area contributed by atoms with Gasteiger partial charge in [0, 0.05) is 29.2 Å². The smallest absolute Gasteiger partial charge is 0.293 e. The summed E-state index contributed by atoms with van der Waals surface area (Å²) >= 11 is 6.04. The van der Waals surface area contributed by atoms with Gasteiger partial charge >= 0.3 is 0 Å². The fourth-order valence-corrected chi connectivity index (χ4v) is 3.76. The molecule has 0 saturated carbocycles. The van der Waals surface area contributed by atoms with Crippen LogP contribution in [-0.4, -0.2) is 28.4 Å². The van der Waals surface area contributed by atoms with Gasteiger partial charge in [0.2, 0.25) is 5.78 Å². The van der Waals surface area contributed by atoms with Crippen molar-refractivity contribution in [2.45, 2.75) is 32.6 Å². The van der Waals surface area contributed by atoms with Gasteiger partial charge in [0.15, 0.2) is 5.82 Å². The quantitative estimate of drug-likeness (QED) is 0.582. The summed E-state index contributed by atoms with van der Waals surface area (Å²) in [5, 5.41) is 4.20. The van der Waals surface area contributed by atoms with E-state index >= 15 is 0 Å². The van der Waals surface area contributed by atoms with Gasteiger partial charge in [-0.3, -0.25) is 9.59 Å². The lowest BCUT2D eigenvalue weighted by Gasteiger charge is -2.30. The van der Waals surface area contributed by atoms with E-state index in [9.17, 15) is 9.59 Å². The lowest BCUT2D eigenvalue weighted by atomic mass is 9.96. The third-order valence-electron chi connectivity index (χ3n) is 4.99. The minimum absolute atomic E-state index is 0.0526. The standard InChI is InChI=1S/C22H20ClN3O3/c1-14-24-21(29-25-14)20(27)10-8-15-7-9-19-16(12-15)5-3-11-26(19)22(28)17-4-2-6-18(23)13-17/h2,4,6-7,9,12-13H,3,5,8,10-11H2,1H3. The molecule has 0 N–H and O–H groups in total. The van der Waals surface area contributed by atoms with E-state index in [0.717, 1.165) is 29.7 Å². The van der Waals surface area contributed by atoms with Crippen molar-refractivity contribution >= 4 is 29.0 Å². The number of ketones is 1. The fourth-order valence-electron chi connectivity index (χ4n) is 3.57. The number of Topliss-reactive ketones (excluding diaryl/α,β-unsaturated/α-hetero) is 1. The number of rotatable bonds is 5. The molecule has 0 aliphatic carbocycles. The van der Waals surface area contributed by atoms with Crippen molar-refractivity contribution in [2.24, 2.45) is 0 Å². The fraction of sp³-hybridized carbons (Fsp3) is 0.273. The van der Waals surface area contributed by atoms with Gasteiger partial charge in [-0.2, -0.15) is 4.98 Å². The van der Waals surface area contributed by atoms with E-state index in [1.54, 1.807) is 36.1 Å². The second kappa shape index (κ2) is 8.17. The summed E-state index contributed by atoms with van der Waals surface area (Å²) in [4.78, 5) is 30.9. The molecular formula is C22H20ClN3O3. The van der Waals surface area contributed by atoms with Crippen LogP contribution in [0.2, 0.25) is 5.02 Å². The number of aromatic nitrogens is 2. The average molecular weight is 410 g/mol. The number of aryl methyl sites for hydroxylation is 3. The van der Waals surface area contributed by atoms with Crippen molar-refractivity contribution in [1.29, 1.82) is 0 Å². The van der Waals surface area contributed by atoms with Crippen LogP contribution in [0, 0.1) is 6.92 Å². The van der Waals surface area contributed by atoms with E-state index in [2.05, 4.69) is 16.2 Å². The molecule has 1 amide bonds. The molecule has 0 bridgehead atoms. The highest BCUT2D eigenvalue weighted by atomic mass is 35.5. The second-order valence-electron chi connectivity index (χ2n) is 7.10. The molecule has 3 aromatic rings. The molecule has 29 heavy (non-hydrogen) atoms. The predicted octanol–water partition coefficient (Wildman–Crippen LogP) is 4.44. The maximum atomic E-state index is 13.0. The van der Waals surface area contributed by atoms with Crippen LogP contribution in [-0.2, 0) is 12.8 Å². The van der Waals surface area contributed by atoms with Gasteiger partial charge in [-0.1, -0.05) is 35.0 Å². The number of amides is 1. The monoisotopic (exact) mass is 409 g/mol. The Morgan fingerprint density at radius 2 is 2.07 bits per heavy atom. The summed E-state index contributed by atoms with van der Waals surface area (Å²) < 4.78 is 4.93. The largest absolute Gasteiger partial charge is 0.331 e. The van der Waals surface area contributed by atoms with Crippen LogP contribution in [0.4, 0.5) is 5.69 Å². The van der Waals surface area contributed by atoms with Crippen LogP contribution < -0.4 is 4.90 Å². The number of anilines is 1. The predicted molar refractivity (Wildman–Crippen MR) is 110 cm³/mol. The summed E-state index contributed by atoms with van der Waals surface area (Å²) in [6.45, 7) is 2.35. The molecular weight excluding hydrogens is 390 g/mol. The van der Waals surface area contributed by atoms with E-state index in [1.807, 2.05) is 12.1 Å². The number of carbonyl (C=O) groups is 2. The molecule has 148 valence electrons.